The maximum atomic E-state index is 13.0. The van der Waals surface area contributed by atoms with Crippen molar-refractivity contribution in [1.29, 1.82) is 0 Å². The highest BCUT2D eigenvalue weighted by atomic mass is 32.2. The maximum absolute atomic E-state index is 13.0. The van der Waals surface area contributed by atoms with Crippen LogP contribution >= 0.6 is 0 Å². The molecule has 0 atom stereocenters. The number of benzene rings is 2. The first-order chi connectivity index (χ1) is 11.8. The third-order valence-electron chi connectivity index (χ3n) is 3.46. The number of carbonyl (C=O) groups excluding carboxylic acids is 1. The largest absolute Gasteiger partial charge is 0.326 e. The fourth-order valence-electron chi connectivity index (χ4n) is 2.13. The van der Waals surface area contributed by atoms with Gasteiger partial charge in [-0.3, -0.25) is 4.79 Å². The van der Waals surface area contributed by atoms with E-state index in [1.807, 2.05) is 0 Å². The number of nitrogens with one attached hydrogen (secondary N) is 2. The van der Waals surface area contributed by atoms with Crippen molar-refractivity contribution < 1.29 is 22.0 Å². The van der Waals surface area contributed by atoms with Gasteiger partial charge in [-0.05, 0) is 61.4 Å². The molecule has 134 valence electrons. The minimum absolute atomic E-state index is 0.0414. The highest BCUT2D eigenvalue weighted by Crippen LogP contribution is 2.16. The van der Waals surface area contributed by atoms with Gasteiger partial charge in [0.25, 0.3) is 0 Å². The zero-order valence-electron chi connectivity index (χ0n) is 13.6. The normalized spacial score (nSPS) is 11.3. The average Bonchev–Trinajstić information content (AvgIpc) is 2.55. The Morgan fingerprint density at radius 3 is 2.32 bits per heavy atom. The van der Waals surface area contributed by atoms with Gasteiger partial charge in [0, 0.05) is 18.7 Å². The molecule has 0 aromatic heterocycles. The molecule has 1 amide bonds. The third-order valence-corrected chi connectivity index (χ3v) is 4.94. The summed E-state index contributed by atoms with van der Waals surface area (Å²) in [6.45, 7) is 1.74. The SMILES string of the molecule is Cc1cc(F)ccc1NC(=O)CCCNS(=O)(=O)c1ccc(F)cc1. The molecule has 2 N–H and O–H groups in total. The Kier molecular flexibility index (Phi) is 6.22. The van der Waals surface area contributed by atoms with Crippen LogP contribution in [0.25, 0.3) is 0 Å². The number of halogens is 2. The average molecular weight is 368 g/mol. The Hall–Kier alpha value is -2.32. The fraction of sp³-hybridized carbons (Fsp3) is 0.235. The van der Waals surface area contributed by atoms with Crippen molar-refractivity contribution in [2.75, 3.05) is 11.9 Å². The second-order valence-corrected chi connectivity index (χ2v) is 7.23. The maximum Gasteiger partial charge on any atom is 0.240 e. The molecule has 8 heteroatoms. The van der Waals surface area contributed by atoms with Crippen LogP contribution in [0.5, 0.6) is 0 Å². The van der Waals surface area contributed by atoms with E-state index in [1.54, 1.807) is 6.92 Å². The van der Waals surface area contributed by atoms with E-state index in [0.29, 0.717) is 11.3 Å². The predicted octanol–water partition coefficient (Wildman–Crippen LogP) is 2.97. The van der Waals surface area contributed by atoms with E-state index in [-0.39, 0.29) is 36.0 Å². The summed E-state index contributed by atoms with van der Waals surface area (Å²) in [6.07, 6.45) is 0.384. The lowest BCUT2D eigenvalue weighted by atomic mass is 10.2. The zero-order chi connectivity index (χ0) is 18.4. The van der Waals surface area contributed by atoms with Crippen molar-refractivity contribution in [3.63, 3.8) is 0 Å². The number of sulfonamides is 1. The van der Waals surface area contributed by atoms with Gasteiger partial charge in [0.15, 0.2) is 0 Å². The standard InChI is InChI=1S/C17H18F2N2O3S/c1-12-11-14(19)6-9-16(12)21-17(22)3-2-10-20-25(23,24)15-7-4-13(18)5-8-15/h4-9,11,20H,2-3,10H2,1H3,(H,21,22). The first kappa shape index (κ1) is 19.0. The number of anilines is 1. The Morgan fingerprint density at radius 1 is 1.04 bits per heavy atom. The minimum Gasteiger partial charge on any atom is -0.326 e. The fourth-order valence-corrected chi connectivity index (χ4v) is 3.21. The van der Waals surface area contributed by atoms with Crippen LogP contribution in [0.15, 0.2) is 47.4 Å². The molecule has 25 heavy (non-hydrogen) atoms. The van der Waals surface area contributed by atoms with Crippen LogP contribution in [0.2, 0.25) is 0 Å². The van der Waals surface area contributed by atoms with Crippen LogP contribution in [0.4, 0.5) is 14.5 Å². The van der Waals surface area contributed by atoms with Crippen molar-refractivity contribution in [3.8, 4) is 0 Å². The molecule has 0 saturated carbocycles. The molecule has 0 aliphatic heterocycles. The number of rotatable bonds is 7. The number of carbonyl (C=O) groups is 1. The minimum atomic E-state index is -3.74. The smallest absolute Gasteiger partial charge is 0.240 e. The summed E-state index contributed by atoms with van der Waals surface area (Å²) in [5.41, 5.74) is 1.11. The summed E-state index contributed by atoms with van der Waals surface area (Å²) in [5, 5.41) is 2.65. The Morgan fingerprint density at radius 2 is 1.68 bits per heavy atom. The molecule has 0 spiro atoms. The quantitative estimate of drug-likeness (QED) is 0.738. The summed E-state index contributed by atoms with van der Waals surface area (Å²) in [5.74, 6) is -1.20. The molecule has 0 aliphatic rings. The zero-order valence-corrected chi connectivity index (χ0v) is 14.4. The van der Waals surface area contributed by atoms with Gasteiger partial charge in [-0.25, -0.2) is 21.9 Å². The van der Waals surface area contributed by atoms with E-state index in [9.17, 15) is 22.0 Å². The van der Waals surface area contributed by atoms with Crippen molar-refractivity contribution in [2.24, 2.45) is 0 Å². The molecule has 2 aromatic rings. The Bertz CT molecular complexity index is 853. The first-order valence-corrected chi connectivity index (χ1v) is 9.07. The van der Waals surface area contributed by atoms with Crippen LogP contribution in [0.3, 0.4) is 0 Å². The Labute approximate surface area is 145 Å². The molecular weight excluding hydrogens is 350 g/mol. The molecule has 0 saturated heterocycles. The molecular formula is C17H18F2N2O3S. The van der Waals surface area contributed by atoms with E-state index < -0.39 is 15.8 Å². The molecule has 5 nitrogen and oxygen atoms in total. The molecule has 0 heterocycles. The van der Waals surface area contributed by atoms with Gasteiger partial charge in [-0.15, -0.1) is 0 Å². The lowest BCUT2D eigenvalue weighted by molar-refractivity contribution is -0.116. The van der Waals surface area contributed by atoms with Gasteiger partial charge >= 0.3 is 0 Å². The topological polar surface area (TPSA) is 75.3 Å². The van der Waals surface area contributed by atoms with Crippen molar-refractivity contribution in [2.45, 2.75) is 24.7 Å². The Balaban J connectivity index is 1.80. The van der Waals surface area contributed by atoms with Crippen LogP contribution in [-0.4, -0.2) is 20.9 Å². The van der Waals surface area contributed by atoms with Gasteiger partial charge in [-0.2, -0.15) is 0 Å². The number of hydrogen-bond acceptors (Lipinski definition) is 3. The molecule has 0 fully saturated rings. The third kappa shape index (κ3) is 5.61. The molecule has 2 rings (SSSR count). The van der Waals surface area contributed by atoms with Gasteiger partial charge < -0.3 is 5.32 Å². The first-order valence-electron chi connectivity index (χ1n) is 7.59. The van der Waals surface area contributed by atoms with E-state index in [4.69, 9.17) is 0 Å². The van der Waals surface area contributed by atoms with Crippen molar-refractivity contribution >= 4 is 21.6 Å². The predicted molar refractivity (Wildman–Crippen MR) is 90.6 cm³/mol. The van der Waals surface area contributed by atoms with Crippen LogP contribution in [-0.2, 0) is 14.8 Å². The van der Waals surface area contributed by atoms with Gasteiger partial charge in [0.2, 0.25) is 15.9 Å². The summed E-state index contributed by atoms with van der Waals surface area (Å²) >= 11 is 0. The van der Waals surface area contributed by atoms with Gasteiger partial charge in [0.1, 0.15) is 11.6 Å². The van der Waals surface area contributed by atoms with Crippen molar-refractivity contribution in [1.82, 2.24) is 4.72 Å². The highest BCUT2D eigenvalue weighted by molar-refractivity contribution is 7.89. The number of amides is 1. The van der Waals surface area contributed by atoms with Crippen LogP contribution in [0.1, 0.15) is 18.4 Å². The number of aryl methyl sites for hydroxylation is 1. The highest BCUT2D eigenvalue weighted by Gasteiger charge is 2.13. The molecule has 0 aliphatic carbocycles. The van der Waals surface area contributed by atoms with Crippen LogP contribution < -0.4 is 10.0 Å². The number of hydrogen-bond donors (Lipinski definition) is 2. The summed E-state index contributed by atoms with van der Waals surface area (Å²) in [7, 11) is -3.74. The second kappa shape index (κ2) is 8.17. The van der Waals surface area contributed by atoms with E-state index >= 15 is 0 Å². The van der Waals surface area contributed by atoms with Gasteiger partial charge in [0.05, 0.1) is 4.90 Å². The van der Waals surface area contributed by atoms with Crippen LogP contribution in [0, 0.1) is 18.6 Å². The second-order valence-electron chi connectivity index (χ2n) is 5.46. The van der Waals surface area contributed by atoms with E-state index in [0.717, 1.165) is 12.1 Å². The molecule has 0 radical (unpaired) electrons. The molecule has 2 aromatic carbocycles. The van der Waals surface area contributed by atoms with Crippen molar-refractivity contribution in [3.05, 3.63) is 59.7 Å². The summed E-state index contributed by atoms with van der Waals surface area (Å²) in [6, 6.07) is 8.50. The van der Waals surface area contributed by atoms with Gasteiger partial charge in [-0.1, -0.05) is 0 Å². The molecule has 0 unspecified atom stereocenters. The molecule has 0 bridgehead atoms. The van der Waals surface area contributed by atoms with E-state index in [2.05, 4.69) is 10.0 Å². The monoisotopic (exact) mass is 368 g/mol. The van der Waals surface area contributed by atoms with E-state index in [1.165, 1.54) is 30.3 Å². The lowest BCUT2D eigenvalue weighted by Gasteiger charge is -2.09. The summed E-state index contributed by atoms with van der Waals surface area (Å²) < 4.78 is 52.2. The summed E-state index contributed by atoms with van der Waals surface area (Å²) in [4.78, 5) is 11.8. The lowest BCUT2D eigenvalue weighted by Crippen LogP contribution is -2.25.